The molecule has 0 aromatic heterocycles. The van der Waals surface area contributed by atoms with Crippen LogP contribution in [0.1, 0.15) is 15.9 Å². The average Bonchev–Trinajstić information content (AvgIpc) is 2.05. The molecule has 0 saturated carbocycles. The first-order valence-electron chi connectivity index (χ1n) is 3.56. The summed E-state index contributed by atoms with van der Waals surface area (Å²) >= 11 is 1.06. The van der Waals surface area contributed by atoms with Crippen molar-refractivity contribution in [3.05, 3.63) is 35.4 Å². The second-order valence-electron chi connectivity index (χ2n) is 2.35. The number of carbonyl (C=O) groups excluding carboxylic acids is 1. The van der Waals surface area contributed by atoms with Gasteiger partial charge in [0.15, 0.2) is 0 Å². The van der Waals surface area contributed by atoms with Crippen LogP contribution >= 0.6 is 12.0 Å². The van der Waals surface area contributed by atoms with Gasteiger partial charge in [0, 0.05) is 6.26 Å². The predicted octanol–water partition coefficient (Wildman–Crippen LogP) is 2.43. The van der Waals surface area contributed by atoms with E-state index in [4.69, 9.17) is 4.18 Å². The van der Waals surface area contributed by atoms with E-state index in [-0.39, 0.29) is 5.97 Å². The summed E-state index contributed by atoms with van der Waals surface area (Å²) in [5.41, 5.74) is 1.57. The van der Waals surface area contributed by atoms with Gasteiger partial charge in [-0.15, -0.1) is 0 Å². The summed E-state index contributed by atoms with van der Waals surface area (Å²) in [5.74, 6) is -0.277. The van der Waals surface area contributed by atoms with Crippen LogP contribution in [0, 0.1) is 6.92 Å². The Morgan fingerprint density at radius 3 is 2.67 bits per heavy atom. The van der Waals surface area contributed by atoms with E-state index >= 15 is 0 Å². The van der Waals surface area contributed by atoms with Gasteiger partial charge in [0.05, 0.1) is 17.6 Å². The highest BCUT2D eigenvalue weighted by Gasteiger charge is 2.08. The second kappa shape index (κ2) is 4.16. The van der Waals surface area contributed by atoms with Gasteiger partial charge >= 0.3 is 5.97 Å². The standard InChI is InChI=1S/C9H10O2S/c1-7-5-3-4-6-8(7)9(10)11-12-2/h3-6H,1-2H3. The lowest BCUT2D eigenvalue weighted by Gasteiger charge is -2.02. The monoisotopic (exact) mass is 182 g/mol. The lowest BCUT2D eigenvalue weighted by atomic mass is 10.1. The van der Waals surface area contributed by atoms with E-state index in [1.54, 1.807) is 12.3 Å². The molecule has 0 N–H and O–H groups in total. The molecule has 0 amide bonds. The summed E-state index contributed by atoms with van der Waals surface area (Å²) in [5, 5.41) is 0. The van der Waals surface area contributed by atoms with Gasteiger partial charge in [-0.3, -0.25) is 0 Å². The number of rotatable bonds is 2. The molecule has 1 aromatic carbocycles. The van der Waals surface area contributed by atoms with Crippen LogP contribution in [0.4, 0.5) is 0 Å². The van der Waals surface area contributed by atoms with Crippen molar-refractivity contribution in [2.45, 2.75) is 6.92 Å². The van der Waals surface area contributed by atoms with Crippen molar-refractivity contribution in [3.8, 4) is 0 Å². The molecular weight excluding hydrogens is 172 g/mol. The van der Waals surface area contributed by atoms with Crippen molar-refractivity contribution >= 4 is 18.0 Å². The topological polar surface area (TPSA) is 26.3 Å². The third kappa shape index (κ3) is 2.01. The average molecular weight is 182 g/mol. The van der Waals surface area contributed by atoms with Gasteiger partial charge in [0.25, 0.3) is 0 Å². The van der Waals surface area contributed by atoms with Crippen LogP contribution in [0.25, 0.3) is 0 Å². The van der Waals surface area contributed by atoms with E-state index in [0.29, 0.717) is 5.56 Å². The number of benzene rings is 1. The van der Waals surface area contributed by atoms with Crippen LogP contribution in [0.2, 0.25) is 0 Å². The van der Waals surface area contributed by atoms with Crippen molar-refractivity contribution in [2.75, 3.05) is 6.26 Å². The van der Waals surface area contributed by atoms with Crippen molar-refractivity contribution in [1.29, 1.82) is 0 Å². The molecule has 0 bridgehead atoms. The summed E-state index contributed by atoms with van der Waals surface area (Å²) in [6.45, 7) is 1.89. The zero-order chi connectivity index (χ0) is 8.97. The number of carbonyl (C=O) groups is 1. The Morgan fingerprint density at radius 1 is 1.42 bits per heavy atom. The molecule has 0 aliphatic heterocycles. The van der Waals surface area contributed by atoms with Gasteiger partial charge in [0.1, 0.15) is 0 Å². The fraction of sp³-hybridized carbons (Fsp3) is 0.222. The smallest absolute Gasteiger partial charge is 0.350 e. The van der Waals surface area contributed by atoms with Gasteiger partial charge in [-0.1, -0.05) is 18.2 Å². The Bertz CT molecular complexity index is 284. The first kappa shape index (κ1) is 9.13. The zero-order valence-corrected chi connectivity index (χ0v) is 7.85. The molecule has 0 aliphatic rings. The molecule has 3 heteroatoms. The van der Waals surface area contributed by atoms with E-state index < -0.39 is 0 Å². The lowest BCUT2D eigenvalue weighted by molar-refractivity contribution is 0.0768. The minimum Gasteiger partial charge on any atom is -0.388 e. The molecule has 0 saturated heterocycles. The Labute approximate surface area is 76.1 Å². The Balaban J connectivity index is 2.87. The minimum absolute atomic E-state index is 0.277. The van der Waals surface area contributed by atoms with E-state index in [1.165, 1.54) is 0 Å². The highest BCUT2D eigenvalue weighted by molar-refractivity contribution is 7.94. The largest absolute Gasteiger partial charge is 0.388 e. The summed E-state index contributed by atoms with van der Waals surface area (Å²) in [6.07, 6.45) is 1.72. The Morgan fingerprint density at radius 2 is 2.08 bits per heavy atom. The summed E-state index contributed by atoms with van der Waals surface area (Å²) in [6, 6.07) is 7.36. The Kier molecular flexibility index (Phi) is 3.17. The SMILES string of the molecule is CSOC(=O)c1ccccc1C. The van der Waals surface area contributed by atoms with Gasteiger partial charge in [-0.05, 0) is 18.6 Å². The van der Waals surface area contributed by atoms with Crippen LogP contribution in [-0.2, 0) is 4.18 Å². The molecule has 64 valence electrons. The van der Waals surface area contributed by atoms with E-state index in [0.717, 1.165) is 17.6 Å². The number of hydrogen-bond donors (Lipinski definition) is 0. The quantitative estimate of drug-likeness (QED) is 0.657. The molecule has 0 fully saturated rings. The van der Waals surface area contributed by atoms with Gasteiger partial charge in [-0.2, -0.15) is 0 Å². The lowest BCUT2D eigenvalue weighted by Crippen LogP contribution is -2.01. The van der Waals surface area contributed by atoms with E-state index in [9.17, 15) is 4.79 Å². The maximum Gasteiger partial charge on any atom is 0.350 e. The van der Waals surface area contributed by atoms with Gasteiger partial charge < -0.3 is 4.18 Å². The van der Waals surface area contributed by atoms with Crippen LogP contribution in [0.3, 0.4) is 0 Å². The van der Waals surface area contributed by atoms with Gasteiger partial charge in [-0.25, -0.2) is 4.79 Å². The summed E-state index contributed by atoms with van der Waals surface area (Å²) < 4.78 is 4.79. The highest BCUT2D eigenvalue weighted by atomic mass is 32.2. The second-order valence-corrected chi connectivity index (χ2v) is 2.85. The molecule has 0 aliphatic carbocycles. The minimum atomic E-state index is -0.277. The molecule has 0 unspecified atom stereocenters. The molecule has 2 nitrogen and oxygen atoms in total. The fourth-order valence-electron chi connectivity index (χ4n) is 0.923. The van der Waals surface area contributed by atoms with Crippen molar-refractivity contribution < 1.29 is 8.98 Å². The van der Waals surface area contributed by atoms with Crippen LogP contribution in [-0.4, -0.2) is 12.2 Å². The van der Waals surface area contributed by atoms with Crippen LogP contribution in [0.5, 0.6) is 0 Å². The normalized spacial score (nSPS) is 9.50. The third-order valence-corrected chi connectivity index (χ3v) is 1.84. The van der Waals surface area contributed by atoms with E-state index in [1.807, 2.05) is 25.1 Å². The summed E-state index contributed by atoms with van der Waals surface area (Å²) in [7, 11) is 0. The first-order valence-corrected chi connectivity index (χ1v) is 4.71. The zero-order valence-electron chi connectivity index (χ0n) is 7.03. The van der Waals surface area contributed by atoms with Crippen molar-refractivity contribution in [2.24, 2.45) is 0 Å². The van der Waals surface area contributed by atoms with E-state index in [2.05, 4.69) is 0 Å². The predicted molar refractivity (Wildman–Crippen MR) is 50.1 cm³/mol. The molecule has 1 rings (SSSR count). The Hall–Kier alpha value is -0.960. The molecular formula is C9H10O2S. The molecule has 1 aromatic rings. The first-order chi connectivity index (χ1) is 5.75. The molecule has 0 heterocycles. The van der Waals surface area contributed by atoms with Crippen molar-refractivity contribution in [3.63, 3.8) is 0 Å². The summed E-state index contributed by atoms with van der Waals surface area (Å²) in [4.78, 5) is 11.2. The highest BCUT2D eigenvalue weighted by Crippen LogP contribution is 2.11. The number of hydrogen-bond acceptors (Lipinski definition) is 3. The van der Waals surface area contributed by atoms with Crippen LogP contribution in [0.15, 0.2) is 24.3 Å². The molecule has 0 spiro atoms. The maximum absolute atomic E-state index is 11.2. The fourth-order valence-corrected chi connectivity index (χ4v) is 1.16. The molecule has 0 atom stereocenters. The maximum atomic E-state index is 11.2. The van der Waals surface area contributed by atoms with Gasteiger partial charge in [0.2, 0.25) is 0 Å². The molecule has 12 heavy (non-hydrogen) atoms. The number of aryl methyl sites for hydroxylation is 1. The van der Waals surface area contributed by atoms with Crippen LogP contribution < -0.4 is 0 Å². The van der Waals surface area contributed by atoms with Crippen molar-refractivity contribution in [1.82, 2.24) is 0 Å². The molecule has 0 radical (unpaired) electrons. The third-order valence-electron chi connectivity index (χ3n) is 1.52.